The number of anilines is 1. The summed E-state index contributed by atoms with van der Waals surface area (Å²) < 4.78 is 0. The van der Waals surface area contributed by atoms with Gasteiger partial charge in [-0.3, -0.25) is 0 Å². The van der Waals surface area contributed by atoms with E-state index in [0.717, 1.165) is 41.3 Å². The molecule has 4 nitrogen and oxygen atoms in total. The second kappa shape index (κ2) is 7.42. The highest BCUT2D eigenvalue weighted by Crippen LogP contribution is 2.37. The summed E-state index contributed by atoms with van der Waals surface area (Å²) in [6.45, 7) is 10.4. The Morgan fingerprint density at radius 1 is 0.962 bits per heavy atom. The zero-order valence-electron chi connectivity index (χ0n) is 16.2. The van der Waals surface area contributed by atoms with Crippen molar-refractivity contribution in [2.75, 3.05) is 11.4 Å². The van der Waals surface area contributed by atoms with Crippen molar-refractivity contribution in [3.8, 4) is 0 Å². The van der Waals surface area contributed by atoms with Crippen molar-refractivity contribution in [2.45, 2.75) is 40.3 Å². The van der Waals surface area contributed by atoms with Crippen LogP contribution in [0, 0.1) is 5.92 Å². The zero-order valence-corrected chi connectivity index (χ0v) is 16.2. The lowest BCUT2D eigenvalue weighted by molar-refractivity contribution is 0.360. The van der Waals surface area contributed by atoms with Gasteiger partial charge >= 0.3 is 0 Å². The quantitative estimate of drug-likeness (QED) is 0.646. The maximum atomic E-state index is 6.75. The van der Waals surface area contributed by atoms with E-state index in [0.29, 0.717) is 12.0 Å². The van der Waals surface area contributed by atoms with E-state index >= 15 is 0 Å². The van der Waals surface area contributed by atoms with Gasteiger partial charge in [-0.05, 0) is 31.4 Å². The Kier molecular flexibility index (Phi) is 5.23. The molecule has 1 aliphatic heterocycles. The summed E-state index contributed by atoms with van der Waals surface area (Å²) in [6, 6.07) is 17.2. The van der Waals surface area contributed by atoms with Crippen LogP contribution >= 0.6 is 0 Å². The average Bonchev–Trinajstić information content (AvgIpc) is 2.58. The first kappa shape index (κ1) is 18.3. The maximum Gasteiger partial charge on any atom is 0.0829 e. The van der Waals surface area contributed by atoms with Crippen molar-refractivity contribution in [2.24, 2.45) is 17.5 Å². The van der Waals surface area contributed by atoms with Gasteiger partial charge in [-0.15, -0.1) is 0 Å². The first-order valence-electron chi connectivity index (χ1n) is 9.36. The Bertz CT molecular complexity index is 807. The van der Waals surface area contributed by atoms with Crippen LogP contribution in [0.3, 0.4) is 0 Å². The summed E-state index contributed by atoms with van der Waals surface area (Å²) in [5, 5.41) is 1.82. The molecule has 1 aliphatic rings. The number of hydrogen-bond acceptors (Lipinski definition) is 4. The third-order valence-electron chi connectivity index (χ3n) is 4.84. The highest BCUT2D eigenvalue weighted by Gasteiger charge is 2.25. The Morgan fingerprint density at radius 2 is 1.58 bits per heavy atom. The van der Waals surface area contributed by atoms with Crippen LogP contribution in [0.5, 0.6) is 0 Å². The van der Waals surface area contributed by atoms with Gasteiger partial charge in [0.05, 0.1) is 11.4 Å². The standard InChI is InChI=1S/C22H30N4/c1-15(2)13-26(24)22-18-10-6-5-9-17(18)14-25(16(3)4)20-12-8-7-11-19(20)21(22)23/h5-12,15-16H,13-14,23-24H2,1-4H3/b22-21-. The molecular formula is C22H30N4. The smallest absolute Gasteiger partial charge is 0.0829 e. The van der Waals surface area contributed by atoms with Gasteiger partial charge in [0.2, 0.25) is 0 Å². The number of para-hydroxylation sites is 1. The van der Waals surface area contributed by atoms with Crippen LogP contribution in [-0.2, 0) is 6.54 Å². The van der Waals surface area contributed by atoms with Gasteiger partial charge < -0.3 is 15.6 Å². The Hall–Kier alpha value is -2.46. The summed E-state index contributed by atoms with van der Waals surface area (Å²) in [4.78, 5) is 2.40. The topological polar surface area (TPSA) is 58.5 Å². The molecule has 0 radical (unpaired) electrons. The van der Waals surface area contributed by atoms with E-state index in [-0.39, 0.29) is 0 Å². The van der Waals surface area contributed by atoms with Crippen molar-refractivity contribution in [3.63, 3.8) is 0 Å². The molecule has 2 aromatic rings. The lowest BCUT2D eigenvalue weighted by Crippen LogP contribution is -2.37. The fraction of sp³-hybridized carbons (Fsp3) is 0.364. The largest absolute Gasteiger partial charge is 0.396 e. The Labute approximate surface area is 157 Å². The number of fused-ring (bicyclic) bond motifs is 2. The molecule has 0 amide bonds. The highest BCUT2D eigenvalue weighted by molar-refractivity contribution is 5.93. The van der Waals surface area contributed by atoms with Crippen LogP contribution in [0.2, 0.25) is 0 Å². The van der Waals surface area contributed by atoms with Gasteiger partial charge in [-0.25, -0.2) is 5.84 Å². The molecule has 0 saturated carbocycles. The van der Waals surface area contributed by atoms with Gasteiger partial charge in [0.15, 0.2) is 0 Å². The molecule has 0 fully saturated rings. The number of benzene rings is 2. The van der Waals surface area contributed by atoms with E-state index in [1.165, 1.54) is 5.56 Å². The zero-order chi connectivity index (χ0) is 18.8. The van der Waals surface area contributed by atoms with E-state index in [1.807, 2.05) is 11.1 Å². The fourth-order valence-electron chi connectivity index (χ4n) is 3.64. The fourth-order valence-corrected chi connectivity index (χ4v) is 3.64. The van der Waals surface area contributed by atoms with Crippen molar-refractivity contribution >= 4 is 17.1 Å². The van der Waals surface area contributed by atoms with Crippen LogP contribution in [-0.4, -0.2) is 17.6 Å². The van der Waals surface area contributed by atoms with E-state index < -0.39 is 0 Å². The predicted molar refractivity (Wildman–Crippen MR) is 111 cm³/mol. The van der Waals surface area contributed by atoms with Crippen LogP contribution in [0.4, 0.5) is 5.69 Å². The summed E-state index contributed by atoms with van der Waals surface area (Å²) in [6.07, 6.45) is 0. The Morgan fingerprint density at radius 3 is 2.23 bits per heavy atom. The van der Waals surface area contributed by atoms with Crippen LogP contribution in [0.1, 0.15) is 44.4 Å². The third kappa shape index (κ3) is 3.42. The molecule has 0 spiro atoms. The lowest BCUT2D eigenvalue weighted by atomic mass is 9.95. The molecule has 1 heterocycles. The molecule has 3 rings (SSSR count). The summed E-state index contributed by atoms with van der Waals surface area (Å²) >= 11 is 0. The number of rotatable bonds is 4. The van der Waals surface area contributed by atoms with Gasteiger partial charge in [-0.2, -0.15) is 0 Å². The molecule has 4 heteroatoms. The minimum atomic E-state index is 0.364. The van der Waals surface area contributed by atoms with E-state index in [4.69, 9.17) is 11.6 Å². The molecular weight excluding hydrogens is 320 g/mol. The second-order valence-corrected chi connectivity index (χ2v) is 7.70. The first-order valence-corrected chi connectivity index (χ1v) is 9.36. The van der Waals surface area contributed by atoms with Crippen molar-refractivity contribution < 1.29 is 0 Å². The minimum absolute atomic E-state index is 0.364. The summed E-state index contributed by atoms with van der Waals surface area (Å²) in [5.41, 5.74) is 13.0. The molecule has 138 valence electrons. The van der Waals surface area contributed by atoms with E-state index in [1.54, 1.807) is 0 Å². The number of nitrogens with zero attached hydrogens (tertiary/aromatic N) is 2. The average molecular weight is 351 g/mol. The third-order valence-corrected chi connectivity index (χ3v) is 4.84. The van der Waals surface area contributed by atoms with E-state index in [2.05, 4.69) is 75.1 Å². The monoisotopic (exact) mass is 350 g/mol. The summed E-state index contributed by atoms with van der Waals surface area (Å²) in [5.74, 6) is 6.95. The van der Waals surface area contributed by atoms with Crippen molar-refractivity contribution in [1.29, 1.82) is 0 Å². The van der Waals surface area contributed by atoms with Crippen LogP contribution < -0.4 is 16.5 Å². The lowest BCUT2D eigenvalue weighted by Gasteiger charge is -2.36. The van der Waals surface area contributed by atoms with Gasteiger partial charge in [-0.1, -0.05) is 56.3 Å². The molecule has 2 aromatic carbocycles. The maximum absolute atomic E-state index is 6.75. The first-order chi connectivity index (χ1) is 12.4. The molecule has 0 atom stereocenters. The van der Waals surface area contributed by atoms with Crippen LogP contribution in [0.25, 0.3) is 11.4 Å². The van der Waals surface area contributed by atoms with Gasteiger partial charge in [0, 0.05) is 35.9 Å². The normalized spacial score (nSPS) is 17.0. The molecule has 0 aromatic heterocycles. The summed E-state index contributed by atoms with van der Waals surface area (Å²) in [7, 11) is 0. The number of hydrazine groups is 1. The second-order valence-electron chi connectivity index (χ2n) is 7.70. The molecule has 0 unspecified atom stereocenters. The highest BCUT2D eigenvalue weighted by atomic mass is 15.4. The Balaban J connectivity index is 2.28. The molecule has 26 heavy (non-hydrogen) atoms. The number of nitrogens with two attached hydrogens (primary N) is 2. The molecule has 0 bridgehead atoms. The van der Waals surface area contributed by atoms with Crippen molar-refractivity contribution in [3.05, 3.63) is 65.2 Å². The SMILES string of the molecule is CC(C)CN(N)/C1=C(\N)c2ccccc2N(C(C)C)Cc2ccccc21. The van der Waals surface area contributed by atoms with Gasteiger partial charge in [0.25, 0.3) is 0 Å². The van der Waals surface area contributed by atoms with Crippen molar-refractivity contribution in [1.82, 2.24) is 5.01 Å². The minimum Gasteiger partial charge on any atom is -0.396 e. The molecule has 0 saturated heterocycles. The van der Waals surface area contributed by atoms with E-state index in [9.17, 15) is 0 Å². The molecule has 4 N–H and O–H groups in total. The predicted octanol–water partition coefficient (Wildman–Crippen LogP) is 4.03. The number of hydrogen-bond donors (Lipinski definition) is 2. The van der Waals surface area contributed by atoms with Crippen LogP contribution in [0.15, 0.2) is 48.5 Å². The molecule has 0 aliphatic carbocycles. The van der Waals surface area contributed by atoms with Gasteiger partial charge in [0.1, 0.15) is 0 Å².